The van der Waals surface area contributed by atoms with Crippen LogP contribution < -0.4 is 5.32 Å². The molecule has 4 heteroatoms. The number of nitrogens with one attached hydrogen (secondary N) is 1. The van der Waals surface area contributed by atoms with Crippen LogP contribution in [-0.4, -0.2) is 32.0 Å². The van der Waals surface area contributed by atoms with Crippen LogP contribution in [0.3, 0.4) is 0 Å². The standard InChI is InChI=1S/C11H21NO2S/c1-11(2)6-10(7-12-11)5-9-3-4-15(13,14)8-9/h9-10,12H,3-8H2,1-2H3. The van der Waals surface area contributed by atoms with Crippen LogP contribution in [0.2, 0.25) is 0 Å². The molecule has 0 radical (unpaired) electrons. The first-order valence-electron chi connectivity index (χ1n) is 5.82. The van der Waals surface area contributed by atoms with Gasteiger partial charge in [0.1, 0.15) is 0 Å². The number of hydrogen-bond donors (Lipinski definition) is 1. The Bertz CT molecular complexity index is 334. The minimum Gasteiger partial charge on any atom is -0.312 e. The molecule has 0 aromatic heterocycles. The van der Waals surface area contributed by atoms with Crippen molar-refractivity contribution in [2.24, 2.45) is 11.8 Å². The predicted octanol–water partition coefficient (Wildman–Crippen LogP) is 1.20. The van der Waals surface area contributed by atoms with Crippen LogP contribution in [0.25, 0.3) is 0 Å². The summed E-state index contributed by atoms with van der Waals surface area (Å²) in [5.41, 5.74) is 0.252. The molecule has 0 amide bonds. The monoisotopic (exact) mass is 231 g/mol. The van der Waals surface area contributed by atoms with E-state index in [9.17, 15) is 8.42 Å². The summed E-state index contributed by atoms with van der Waals surface area (Å²) in [4.78, 5) is 0. The Morgan fingerprint density at radius 2 is 2.07 bits per heavy atom. The van der Waals surface area contributed by atoms with E-state index in [2.05, 4.69) is 19.2 Å². The lowest BCUT2D eigenvalue weighted by molar-refractivity contribution is 0.389. The molecule has 0 aliphatic carbocycles. The van der Waals surface area contributed by atoms with Crippen molar-refractivity contribution >= 4 is 9.84 Å². The highest BCUT2D eigenvalue weighted by Crippen LogP contribution is 2.32. The summed E-state index contributed by atoms with van der Waals surface area (Å²) < 4.78 is 22.7. The molecule has 1 N–H and O–H groups in total. The Morgan fingerprint density at radius 1 is 1.33 bits per heavy atom. The van der Waals surface area contributed by atoms with Crippen LogP contribution in [0.4, 0.5) is 0 Å². The van der Waals surface area contributed by atoms with Crippen molar-refractivity contribution in [2.75, 3.05) is 18.1 Å². The first-order valence-corrected chi connectivity index (χ1v) is 7.64. The van der Waals surface area contributed by atoms with E-state index in [1.165, 1.54) is 6.42 Å². The quantitative estimate of drug-likeness (QED) is 0.777. The Labute approximate surface area is 92.6 Å². The summed E-state index contributed by atoms with van der Waals surface area (Å²) >= 11 is 0. The zero-order valence-corrected chi connectivity index (χ0v) is 10.4. The molecule has 2 saturated heterocycles. The fourth-order valence-electron chi connectivity index (χ4n) is 2.98. The van der Waals surface area contributed by atoms with Crippen LogP contribution in [0.1, 0.15) is 33.1 Å². The van der Waals surface area contributed by atoms with E-state index in [1.807, 2.05) is 0 Å². The summed E-state index contributed by atoms with van der Waals surface area (Å²) in [5.74, 6) is 1.96. The summed E-state index contributed by atoms with van der Waals surface area (Å²) in [6, 6.07) is 0. The van der Waals surface area contributed by atoms with Crippen molar-refractivity contribution in [2.45, 2.75) is 38.6 Å². The normalized spacial score (nSPS) is 38.3. The molecule has 2 atom stereocenters. The first kappa shape index (κ1) is 11.4. The minimum atomic E-state index is -2.69. The van der Waals surface area contributed by atoms with Gasteiger partial charge in [-0.05, 0) is 51.5 Å². The minimum absolute atomic E-state index is 0.252. The van der Waals surface area contributed by atoms with E-state index in [0.29, 0.717) is 23.3 Å². The van der Waals surface area contributed by atoms with E-state index >= 15 is 0 Å². The first-order chi connectivity index (χ1) is 6.86. The summed E-state index contributed by atoms with van der Waals surface area (Å²) in [7, 11) is -2.69. The smallest absolute Gasteiger partial charge is 0.150 e. The van der Waals surface area contributed by atoms with Crippen molar-refractivity contribution in [3.63, 3.8) is 0 Å². The maximum Gasteiger partial charge on any atom is 0.150 e. The van der Waals surface area contributed by atoms with Crippen molar-refractivity contribution in [1.29, 1.82) is 0 Å². The average Bonchev–Trinajstić information content (AvgIpc) is 2.56. The third-order valence-corrected chi connectivity index (χ3v) is 5.50. The van der Waals surface area contributed by atoms with Gasteiger partial charge in [0.05, 0.1) is 11.5 Å². The number of hydrogen-bond acceptors (Lipinski definition) is 3. The molecule has 2 aliphatic rings. The van der Waals surface area contributed by atoms with Crippen LogP contribution in [0.5, 0.6) is 0 Å². The number of sulfone groups is 1. The molecule has 0 spiro atoms. The van der Waals surface area contributed by atoms with E-state index in [0.717, 1.165) is 19.4 Å². The molecule has 88 valence electrons. The molecular formula is C11H21NO2S. The maximum atomic E-state index is 11.3. The van der Waals surface area contributed by atoms with Crippen molar-refractivity contribution in [3.8, 4) is 0 Å². The molecule has 2 fully saturated rings. The third-order valence-electron chi connectivity index (χ3n) is 3.66. The molecule has 0 saturated carbocycles. The van der Waals surface area contributed by atoms with Crippen LogP contribution in [-0.2, 0) is 9.84 Å². The summed E-state index contributed by atoms with van der Waals surface area (Å²) in [6.07, 6.45) is 3.17. The van der Waals surface area contributed by atoms with Crippen molar-refractivity contribution in [1.82, 2.24) is 5.32 Å². The van der Waals surface area contributed by atoms with Gasteiger partial charge in [-0.1, -0.05) is 0 Å². The molecular weight excluding hydrogens is 210 g/mol. The predicted molar refractivity (Wildman–Crippen MR) is 61.6 cm³/mol. The SMILES string of the molecule is CC1(C)CC(CC2CCS(=O)(=O)C2)CN1. The lowest BCUT2D eigenvalue weighted by Crippen LogP contribution is -2.31. The molecule has 3 nitrogen and oxygen atoms in total. The topological polar surface area (TPSA) is 46.2 Å². The zero-order chi connectivity index (χ0) is 11.1. The molecule has 2 rings (SSSR count). The average molecular weight is 231 g/mol. The Hall–Kier alpha value is -0.0900. The van der Waals surface area contributed by atoms with Gasteiger partial charge in [0, 0.05) is 5.54 Å². The zero-order valence-electron chi connectivity index (χ0n) is 9.62. The van der Waals surface area contributed by atoms with E-state index < -0.39 is 9.84 Å². The van der Waals surface area contributed by atoms with E-state index in [1.54, 1.807) is 0 Å². The molecule has 0 aromatic carbocycles. The molecule has 2 aliphatic heterocycles. The molecule has 15 heavy (non-hydrogen) atoms. The van der Waals surface area contributed by atoms with Crippen LogP contribution >= 0.6 is 0 Å². The summed E-state index contributed by atoms with van der Waals surface area (Å²) in [6.45, 7) is 5.50. The van der Waals surface area contributed by atoms with Crippen LogP contribution in [0, 0.1) is 11.8 Å². The van der Waals surface area contributed by atoms with Gasteiger partial charge in [-0.15, -0.1) is 0 Å². The van der Waals surface area contributed by atoms with Gasteiger partial charge < -0.3 is 5.32 Å². The van der Waals surface area contributed by atoms with Crippen LogP contribution in [0.15, 0.2) is 0 Å². The van der Waals surface area contributed by atoms with Gasteiger partial charge >= 0.3 is 0 Å². The highest BCUT2D eigenvalue weighted by molar-refractivity contribution is 7.91. The second-order valence-electron chi connectivity index (χ2n) is 5.84. The number of rotatable bonds is 2. The van der Waals surface area contributed by atoms with Gasteiger partial charge in [-0.3, -0.25) is 0 Å². The van der Waals surface area contributed by atoms with Crippen molar-refractivity contribution in [3.05, 3.63) is 0 Å². The van der Waals surface area contributed by atoms with E-state index in [4.69, 9.17) is 0 Å². The Kier molecular flexibility index (Phi) is 2.84. The molecule has 2 unspecified atom stereocenters. The second-order valence-corrected chi connectivity index (χ2v) is 8.07. The maximum absolute atomic E-state index is 11.3. The third kappa shape index (κ3) is 2.94. The van der Waals surface area contributed by atoms with Gasteiger partial charge in [-0.2, -0.15) is 0 Å². The summed E-state index contributed by atoms with van der Waals surface area (Å²) in [5, 5.41) is 3.49. The van der Waals surface area contributed by atoms with Gasteiger partial charge in [-0.25, -0.2) is 8.42 Å². The van der Waals surface area contributed by atoms with Gasteiger partial charge in [0.25, 0.3) is 0 Å². The Morgan fingerprint density at radius 3 is 2.53 bits per heavy atom. The largest absolute Gasteiger partial charge is 0.312 e. The van der Waals surface area contributed by atoms with Gasteiger partial charge in [0.2, 0.25) is 0 Å². The highest BCUT2D eigenvalue weighted by Gasteiger charge is 2.35. The fraction of sp³-hybridized carbons (Fsp3) is 1.00. The van der Waals surface area contributed by atoms with Crippen molar-refractivity contribution < 1.29 is 8.42 Å². The molecule has 2 heterocycles. The molecule has 0 aromatic rings. The highest BCUT2D eigenvalue weighted by atomic mass is 32.2. The fourth-order valence-corrected chi connectivity index (χ4v) is 4.86. The van der Waals surface area contributed by atoms with Gasteiger partial charge in [0.15, 0.2) is 9.84 Å². The molecule has 0 bridgehead atoms. The lowest BCUT2D eigenvalue weighted by Gasteiger charge is -2.18. The second kappa shape index (κ2) is 3.74. The lowest BCUT2D eigenvalue weighted by atomic mass is 9.89. The Balaban J connectivity index is 1.85. The van der Waals surface area contributed by atoms with E-state index in [-0.39, 0.29) is 5.54 Å².